The van der Waals surface area contributed by atoms with E-state index in [1.165, 1.54) is 17.0 Å². The molecule has 3 nitrogen and oxygen atoms in total. The Morgan fingerprint density at radius 3 is 2.78 bits per heavy atom. The lowest BCUT2D eigenvalue weighted by Crippen LogP contribution is -2.26. The number of nitrogens with zero attached hydrogens (tertiary/aromatic N) is 1. The standard InChI is InChI=1S/C14H19NO2S/c1-3-4-8-12-15(18(2,16)17)13-11-14-9-6-5-7-10-14/h1,9H,4-8,10,12H2,2H3. The van der Waals surface area contributed by atoms with Crippen molar-refractivity contribution in [3.8, 4) is 24.3 Å². The van der Waals surface area contributed by atoms with Crippen LogP contribution in [-0.4, -0.2) is 25.5 Å². The predicted octanol–water partition coefficient (Wildman–Crippen LogP) is 2.12. The van der Waals surface area contributed by atoms with Crippen LogP contribution in [0.2, 0.25) is 0 Å². The molecule has 1 aliphatic rings. The molecular weight excluding hydrogens is 246 g/mol. The minimum Gasteiger partial charge on any atom is -0.228 e. The third-order valence-corrected chi connectivity index (χ3v) is 3.79. The lowest BCUT2D eigenvalue weighted by Gasteiger charge is -2.14. The summed E-state index contributed by atoms with van der Waals surface area (Å²) in [5.74, 6) is 5.46. The Labute approximate surface area is 110 Å². The molecule has 1 aliphatic carbocycles. The van der Waals surface area contributed by atoms with E-state index in [0.717, 1.165) is 24.8 Å². The molecule has 0 atom stereocenters. The number of hydrogen-bond acceptors (Lipinski definition) is 2. The van der Waals surface area contributed by atoms with Crippen LogP contribution in [0, 0.1) is 24.3 Å². The number of terminal acetylenes is 1. The second-order valence-electron chi connectivity index (χ2n) is 4.35. The second kappa shape index (κ2) is 7.13. The summed E-state index contributed by atoms with van der Waals surface area (Å²) in [6.45, 7) is 0.364. The molecule has 0 aromatic carbocycles. The van der Waals surface area contributed by atoms with Gasteiger partial charge in [-0.25, -0.2) is 12.7 Å². The van der Waals surface area contributed by atoms with Crippen molar-refractivity contribution in [2.75, 3.05) is 12.8 Å². The highest BCUT2D eigenvalue weighted by Crippen LogP contribution is 2.16. The number of sulfonamides is 1. The molecule has 0 aromatic heterocycles. The molecule has 0 amide bonds. The van der Waals surface area contributed by atoms with Crippen LogP contribution in [0.15, 0.2) is 11.6 Å². The number of unbranched alkanes of at least 4 members (excludes halogenated alkanes) is 1. The van der Waals surface area contributed by atoms with Gasteiger partial charge < -0.3 is 0 Å². The van der Waals surface area contributed by atoms with E-state index in [4.69, 9.17) is 6.42 Å². The van der Waals surface area contributed by atoms with Crippen molar-refractivity contribution >= 4 is 10.0 Å². The van der Waals surface area contributed by atoms with Crippen LogP contribution >= 0.6 is 0 Å². The van der Waals surface area contributed by atoms with Gasteiger partial charge >= 0.3 is 0 Å². The van der Waals surface area contributed by atoms with Crippen LogP contribution < -0.4 is 0 Å². The highest BCUT2D eigenvalue weighted by atomic mass is 32.2. The summed E-state index contributed by atoms with van der Waals surface area (Å²) in [6.07, 6.45) is 14.0. The van der Waals surface area contributed by atoms with Crippen molar-refractivity contribution in [3.63, 3.8) is 0 Å². The first kappa shape index (κ1) is 14.7. The maximum absolute atomic E-state index is 11.6. The first-order chi connectivity index (χ1) is 8.54. The summed E-state index contributed by atoms with van der Waals surface area (Å²) in [5.41, 5.74) is 1.05. The van der Waals surface area contributed by atoms with Gasteiger partial charge in [-0.2, -0.15) is 0 Å². The number of allylic oxidation sites excluding steroid dienone is 2. The predicted molar refractivity (Wildman–Crippen MR) is 73.9 cm³/mol. The summed E-state index contributed by atoms with van der Waals surface area (Å²) < 4.78 is 24.3. The maximum Gasteiger partial charge on any atom is 0.238 e. The van der Waals surface area contributed by atoms with E-state index >= 15 is 0 Å². The van der Waals surface area contributed by atoms with E-state index < -0.39 is 10.0 Å². The van der Waals surface area contributed by atoms with Crippen molar-refractivity contribution in [1.82, 2.24) is 4.31 Å². The molecule has 0 unspecified atom stereocenters. The molecule has 98 valence electrons. The average molecular weight is 265 g/mol. The molecular formula is C14H19NO2S. The van der Waals surface area contributed by atoms with Gasteiger partial charge in [0.25, 0.3) is 0 Å². The lowest BCUT2D eigenvalue weighted by atomic mass is 10.0. The second-order valence-corrected chi connectivity index (χ2v) is 6.26. The van der Waals surface area contributed by atoms with Crippen LogP contribution in [0.4, 0.5) is 0 Å². The Morgan fingerprint density at radius 1 is 1.44 bits per heavy atom. The Bertz CT molecular complexity index is 500. The first-order valence-electron chi connectivity index (χ1n) is 6.16. The monoisotopic (exact) mass is 265 g/mol. The molecule has 0 bridgehead atoms. The molecule has 4 heteroatoms. The van der Waals surface area contributed by atoms with E-state index in [2.05, 4.69) is 24.0 Å². The zero-order valence-electron chi connectivity index (χ0n) is 10.8. The van der Waals surface area contributed by atoms with Crippen molar-refractivity contribution in [1.29, 1.82) is 0 Å². The molecule has 0 saturated carbocycles. The van der Waals surface area contributed by atoms with E-state index in [-0.39, 0.29) is 0 Å². The molecule has 0 spiro atoms. The average Bonchev–Trinajstić information content (AvgIpc) is 2.33. The first-order valence-corrected chi connectivity index (χ1v) is 8.01. The van der Waals surface area contributed by atoms with Gasteiger partial charge in [0.15, 0.2) is 0 Å². The topological polar surface area (TPSA) is 37.4 Å². The highest BCUT2D eigenvalue weighted by Gasteiger charge is 2.11. The Kier molecular flexibility index (Phi) is 5.82. The summed E-state index contributed by atoms with van der Waals surface area (Å²) in [4.78, 5) is 0. The summed E-state index contributed by atoms with van der Waals surface area (Å²) in [6, 6.07) is 2.75. The number of hydrogen-bond donors (Lipinski definition) is 0. The van der Waals surface area contributed by atoms with Gasteiger partial charge in [-0.3, -0.25) is 0 Å². The molecule has 0 heterocycles. The molecule has 0 aromatic rings. The summed E-state index contributed by atoms with van der Waals surface area (Å²) in [5, 5.41) is 0. The molecule has 0 radical (unpaired) electrons. The van der Waals surface area contributed by atoms with Crippen LogP contribution in [0.1, 0.15) is 38.5 Å². The summed E-state index contributed by atoms with van der Waals surface area (Å²) >= 11 is 0. The van der Waals surface area contributed by atoms with Gasteiger partial charge in [-0.1, -0.05) is 6.08 Å². The van der Waals surface area contributed by atoms with Crippen molar-refractivity contribution < 1.29 is 8.42 Å². The van der Waals surface area contributed by atoms with Gasteiger partial charge in [0.05, 0.1) is 6.26 Å². The van der Waals surface area contributed by atoms with Gasteiger partial charge in [0.2, 0.25) is 10.0 Å². The molecule has 0 N–H and O–H groups in total. The van der Waals surface area contributed by atoms with E-state index in [0.29, 0.717) is 19.4 Å². The zero-order valence-corrected chi connectivity index (χ0v) is 11.6. The Morgan fingerprint density at radius 2 is 2.22 bits per heavy atom. The third-order valence-electron chi connectivity index (χ3n) is 2.71. The van der Waals surface area contributed by atoms with Crippen molar-refractivity contribution in [2.45, 2.75) is 38.5 Å². The van der Waals surface area contributed by atoms with Crippen LogP contribution in [-0.2, 0) is 10.0 Å². The molecule has 0 saturated heterocycles. The molecule has 0 aliphatic heterocycles. The Hall–Kier alpha value is -1.39. The number of rotatable bonds is 4. The van der Waals surface area contributed by atoms with Crippen LogP contribution in [0.5, 0.6) is 0 Å². The maximum atomic E-state index is 11.6. The molecule has 1 rings (SSSR count). The highest BCUT2D eigenvalue weighted by molar-refractivity contribution is 7.88. The Balaban J connectivity index is 2.70. The van der Waals surface area contributed by atoms with E-state index in [1.54, 1.807) is 0 Å². The SMILES string of the molecule is C#CCCCN(C#CC1=CCCCC1)S(C)(=O)=O. The van der Waals surface area contributed by atoms with Crippen LogP contribution in [0.3, 0.4) is 0 Å². The minimum absolute atomic E-state index is 0.364. The molecule has 18 heavy (non-hydrogen) atoms. The normalized spacial score (nSPS) is 15.0. The van der Waals surface area contributed by atoms with Crippen molar-refractivity contribution in [2.24, 2.45) is 0 Å². The van der Waals surface area contributed by atoms with E-state index in [9.17, 15) is 8.42 Å². The quantitative estimate of drug-likeness (QED) is 0.443. The minimum atomic E-state index is -3.28. The molecule has 0 fully saturated rings. The summed E-state index contributed by atoms with van der Waals surface area (Å²) in [7, 11) is -3.28. The zero-order chi connectivity index (χ0) is 13.4. The van der Waals surface area contributed by atoms with Gasteiger partial charge in [-0.05, 0) is 43.6 Å². The van der Waals surface area contributed by atoms with Crippen molar-refractivity contribution in [3.05, 3.63) is 11.6 Å². The fraction of sp³-hybridized carbons (Fsp3) is 0.571. The fourth-order valence-corrected chi connectivity index (χ4v) is 2.39. The van der Waals surface area contributed by atoms with Gasteiger partial charge in [0, 0.05) is 19.0 Å². The van der Waals surface area contributed by atoms with Gasteiger partial charge in [0.1, 0.15) is 0 Å². The van der Waals surface area contributed by atoms with Gasteiger partial charge in [-0.15, -0.1) is 12.3 Å². The third kappa shape index (κ3) is 5.29. The van der Waals surface area contributed by atoms with Crippen LogP contribution in [0.25, 0.3) is 0 Å². The smallest absolute Gasteiger partial charge is 0.228 e. The van der Waals surface area contributed by atoms with E-state index in [1.807, 2.05) is 0 Å². The fourth-order valence-electron chi connectivity index (χ4n) is 1.72. The largest absolute Gasteiger partial charge is 0.238 e. The lowest BCUT2D eigenvalue weighted by molar-refractivity contribution is 0.510.